The quantitative estimate of drug-likeness (QED) is 0.291. The van der Waals surface area contributed by atoms with Crippen molar-refractivity contribution in [3.8, 4) is 0 Å². The van der Waals surface area contributed by atoms with Gasteiger partial charge < -0.3 is 0 Å². The van der Waals surface area contributed by atoms with Gasteiger partial charge >= 0.3 is 0 Å². The molecule has 0 bridgehead atoms. The average molecular weight is 580 g/mol. The molecule has 0 unspecified atom stereocenters. The predicted octanol–water partition coefficient (Wildman–Crippen LogP) is 13.1. The van der Waals surface area contributed by atoms with Crippen LogP contribution in [-0.4, -0.2) is 15.0 Å². The van der Waals surface area contributed by atoms with Gasteiger partial charge in [0.2, 0.25) is 0 Å². The van der Waals surface area contributed by atoms with E-state index in [4.69, 9.17) is 0 Å². The summed E-state index contributed by atoms with van der Waals surface area (Å²) in [5, 5.41) is 0. The van der Waals surface area contributed by atoms with Crippen molar-refractivity contribution in [3.05, 3.63) is 88.8 Å². The summed E-state index contributed by atoms with van der Waals surface area (Å²) in [6, 6.07) is 10.8. The van der Waals surface area contributed by atoms with Gasteiger partial charge in [0.15, 0.2) is 0 Å². The van der Waals surface area contributed by atoms with Crippen LogP contribution in [0.2, 0.25) is 0 Å². The maximum Gasteiger partial charge on any atom is 0.0646 e. The summed E-state index contributed by atoms with van der Waals surface area (Å²) >= 11 is 0. The zero-order valence-corrected chi connectivity index (χ0v) is 31.0. The monoisotopic (exact) mass is 580 g/mol. The molecule has 0 saturated heterocycles. The van der Waals surface area contributed by atoms with Crippen molar-refractivity contribution in [2.75, 3.05) is 0 Å². The lowest BCUT2D eigenvalue weighted by Crippen LogP contribution is -2.03. The van der Waals surface area contributed by atoms with Crippen molar-refractivity contribution in [1.29, 1.82) is 0 Å². The van der Waals surface area contributed by atoms with Gasteiger partial charge in [-0.15, -0.1) is 0 Å². The third-order valence-electron chi connectivity index (χ3n) is 6.22. The molecule has 3 rings (SSSR count). The smallest absolute Gasteiger partial charge is 0.0646 e. The number of nitrogens with zero attached hydrogens (tertiary/aromatic N) is 3. The van der Waals surface area contributed by atoms with E-state index in [0.29, 0.717) is 35.5 Å². The molecule has 3 heteroatoms. The zero-order valence-electron chi connectivity index (χ0n) is 31.0. The van der Waals surface area contributed by atoms with Gasteiger partial charge in [-0.05, 0) is 63.8 Å². The maximum absolute atomic E-state index is 4.34. The van der Waals surface area contributed by atoms with Crippen LogP contribution in [0.15, 0.2) is 55.1 Å². The minimum Gasteiger partial charge on any atom is -0.264 e. The molecule has 3 nitrogen and oxygen atoms in total. The highest BCUT2D eigenvalue weighted by Crippen LogP contribution is 2.26. The number of pyridine rings is 1. The van der Waals surface area contributed by atoms with Crippen molar-refractivity contribution in [2.45, 2.75) is 160 Å². The molecule has 0 atom stereocenters. The molecule has 0 aliphatic rings. The van der Waals surface area contributed by atoms with Gasteiger partial charge in [0.05, 0.1) is 11.4 Å². The van der Waals surface area contributed by atoms with E-state index in [0.717, 1.165) is 11.4 Å². The zero-order chi connectivity index (χ0) is 33.4. The topological polar surface area (TPSA) is 38.7 Å². The Morgan fingerprint density at radius 1 is 0.381 bits per heavy atom. The highest BCUT2D eigenvalue weighted by atomic mass is 14.8. The lowest BCUT2D eigenvalue weighted by atomic mass is 9.91. The second-order valence-corrected chi connectivity index (χ2v) is 11.4. The lowest BCUT2D eigenvalue weighted by molar-refractivity contribution is 0.726. The van der Waals surface area contributed by atoms with E-state index >= 15 is 0 Å². The van der Waals surface area contributed by atoms with Crippen LogP contribution in [0.5, 0.6) is 0 Å². The Hall–Kier alpha value is -2.55. The molecule has 2 aromatic heterocycles. The first-order chi connectivity index (χ1) is 19.9. The Labute approximate surface area is 263 Å². The fourth-order valence-electron chi connectivity index (χ4n) is 4.24. The molecule has 42 heavy (non-hydrogen) atoms. The van der Waals surface area contributed by atoms with Gasteiger partial charge in [0.1, 0.15) is 0 Å². The van der Waals surface area contributed by atoms with Gasteiger partial charge in [0.25, 0.3) is 0 Å². The van der Waals surface area contributed by atoms with Gasteiger partial charge in [-0.3, -0.25) is 15.0 Å². The summed E-state index contributed by atoms with van der Waals surface area (Å²) in [5.74, 6) is 3.40. The summed E-state index contributed by atoms with van der Waals surface area (Å²) in [7, 11) is 0. The van der Waals surface area contributed by atoms with Crippen LogP contribution in [-0.2, 0) is 0 Å². The van der Waals surface area contributed by atoms with E-state index in [-0.39, 0.29) is 0 Å². The number of hydrogen-bond acceptors (Lipinski definition) is 3. The molecule has 0 amide bonds. The fourth-order valence-corrected chi connectivity index (χ4v) is 4.24. The summed E-state index contributed by atoms with van der Waals surface area (Å²) < 4.78 is 0. The Morgan fingerprint density at radius 3 is 0.952 bits per heavy atom. The van der Waals surface area contributed by atoms with Gasteiger partial charge in [-0.2, -0.15) is 0 Å². The van der Waals surface area contributed by atoms with Crippen LogP contribution in [0.4, 0.5) is 0 Å². The van der Waals surface area contributed by atoms with Crippen molar-refractivity contribution < 1.29 is 0 Å². The van der Waals surface area contributed by atoms with Gasteiger partial charge in [0, 0.05) is 24.8 Å². The van der Waals surface area contributed by atoms with E-state index in [2.05, 4.69) is 128 Å². The molecule has 0 radical (unpaired) electrons. The molecule has 0 spiro atoms. The third kappa shape index (κ3) is 16.8. The van der Waals surface area contributed by atoms with Crippen molar-refractivity contribution in [1.82, 2.24) is 15.0 Å². The number of aromatic nitrogens is 3. The van der Waals surface area contributed by atoms with E-state index < -0.39 is 0 Å². The molecular weight excluding hydrogens is 510 g/mol. The summed E-state index contributed by atoms with van der Waals surface area (Å²) in [5.41, 5.74) is 8.06. The Morgan fingerprint density at radius 2 is 0.690 bits per heavy atom. The van der Waals surface area contributed by atoms with Crippen LogP contribution >= 0.6 is 0 Å². The Balaban J connectivity index is -0.000000497. The molecule has 0 saturated carbocycles. The van der Waals surface area contributed by atoms with E-state index in [1.165, 1.54) is 22.3 Å². The molecule has 2 heterocycles. The molecule has 0 aliphatic heterocycles. The summed E-state index contributed by atoms with van der Waals surface area (Å²) in [6.45, 7) is 38.5. The molecule has 0 N–H and O–H groups in total. The van der Waals surface area contributed by atoms with Crippen molar-refractivity contribution in [3.63, 3.8) is 0 Å². The van der Waals surface area contributed by atoms with Crippen LogP contribution in [0.3, 0.4) is 0 Å². The van der Waals surface area contributed by atoms with E-state index in [1.54, 1.807) is 12.4 Å². The first-order valence-corrected chi connectivity index (χ1v) is 16.7. The second-order valence-electron chi connectivity index (χ2n) is 11.4. The summed E-state index contributed by atoms with van der Waals surface area (Å²) in [6.07, 6.45) is 7.39. The molecule has 0 aliphatic carbocycles. The van der Waals surface area contributed by atoms with Gasteiger partial charge in [-0.1, -0.05) is 149 Å². The van der Waals surface area contributed by atoms with Crippen molar-refractivity contribution >= 4 is 0 Å². The standard InChI is InChI=1S/C12H18.C11H17N.C10H16N2.3C2H6/c1-9(2)11-7-5-6-8-12(11)10(3)4;1-8(2)10-5-6-12-7-11(10)9(3)4;1-7(2)9-10(8(3)4)12-6-5-11-9;3*1-2/h5-10H,1-4H3;5-9H,1-4H3;5-8H,1-4H3;3*1-2H3. The molecule has 3 aromatic rings. The third-order valence-corrected chi connectivity index (χ3v) is 6.22. The SMILES string of the molecule is CC.CC.CC.CC(C)c1ccccc1C(C)C.CC(C)c1ccncc1C(C)C.CC(C)c1nccnc1C(C)C. The largest absolute Gasteiger partial charge is 0.264 e. The number of benzene rings is 1. The number of hydrogen-bond donors (Lipinski definition) is 0. The summed E-state index contributed by atoms with van der Waals surface area (Å²) in [4.78, 5) is 12.8. The average Bonchev–Trinajstić information content (AvgIpc) is 3.00. The van der Waals surface area contributed by atoms with Crippen LogP contribution < -0.4 is 0 Å². The van der Waals surface area contributed by atoms with Crippen LogP contribution in [0, 0.1) is 0 Å². The normalized spacial score (nSPS) is 10.0. The lowest BCUT2D eigenvalue weighted by Gasteiger charge is -2.14. The van der Waals surface area contributed by atoms with Gasteiger partial charge in [-0.25, -0.2) is 0 Å². The predicted molar refractivity (Wildman–Crippen MR) is 191 cm³/mol. The van der Waals surface area contributed by atoms with Crippen molar-refractivity contribution in [2.24, 2.45) is 0 Å². The highest BCUT2D eigenvalue weighted by Gasteiger charge is 2.11. The van der Waals surface area contributed by atoms with Crippen LogP contribution in [0.1, 0.15) is 194 Å². The Kier molecular flexibility index (Phi) is 27.3. The molecule has 0 fully saturated rings. The molecule has 240 valence electrons. The van der Waals surface area contributed by atoms with Crippen LogP contribution in [0.25, 0.3) is 0 Å². The fraction of sp³-hybridized carbons (Fsp3) is 0.615. The number of rotatable bonds is 6. The highest BCUT2D eigenvalue weighted by molar-refractivity contribution is 5.32. The molecule has 1 aromatic carbocycles. The van der Waals surface area contributed by atoms with E-state index in [1.807, 2.05) is 53.9 Å². The second kappa shape index (κ2) is 26.1. The minimum atomic E-state index is 0.469. The first-order valence-electron chi connectivity index (χ1n) is 16.7. The maximum atomic E-state index is 4.34. The molecular formula is C39H69N3. The Bertz CT molecular complexity index is 804. The van der Waals surface area contributed by atoms with E-state index in [9.17, 15) is 0 Å². The minimum absolute atomic E-state index is 0.469. The first kappa shape index (κ1) is 43.9.